The molecule has 0 aromatic carbocycles. The zero-order valence-electron chi connectivity index (χ0n) is 44.1. The Morgan fingerprint density at radius 1 is 0.557 bits per heavy atom. The van der Waals surface area contributed by atoms with Crippen LogP contribution in [-0.2, 0) is 38.3 Å². The lowest BCUT2D eigenvalue weighted by Crippen LogP contribution is -2.60. The van der Waals surface area contributed by atoms with Crippen molar-refractivity contribution in [3.8, 4) is 0 Å². The summed E-state index contributed by atoms with van der Waals surface area (Å²) in [5, 5.41) is 30.8. The average Bonchev–Trinajstić information content (AvgIpc) is 3.34. The highest BCUT2D eigenvalue weighted by Gasteiger charge is 2.48. The first-order valence-electron chi connectivity index (χ1n) is 28.0. The number of ether oxygens (including phenoxy) is 4. The molecule has 1 saturated heterocycles. The van der Waals surface area contributed by atoms with Crippen molar-refractivity contribution in [2.45, 2.75) is 269 Å². The summed E-state index contributed by atoms with van der Waals surface area (Å²) in [6, 6.07) is 0. The van der Waals surface area contributed by atoms with Gasteiger partial charge in [0.25, 0.3) is 0 Å². The van der Waals surface area contributed by atoms with Crippen molar-refractivity contribution in [1.82, 2.24) is 0 Å². The number of esters is 1. The second-order valence-electron chi connectivity index (χ2n) is 19.1. The van der Waals surface area contributed by atoms with Crippen LogP contribution < -0.4 is 0 Å². The van der Waals surface area contributed by atoms with Crippen LogP contribution in [-0.4, -0.2) is 97.5 Å². The molecule has 0 bridgehead atoms. The van der Waals surface area contributed by atoms with Crippen LogP contribution in [0.3, 0.4) is 0 Å². The predicted molar refractivity (Wildman–Crippen MR) is 285 cm³/mol. The lowest BCUT2D eigenvalue weighted by molar-refractivity contribution is -0.301. The van der Waals surface area contributed by atoms with Crippen LogP contribution in [0, 0.1) is 0 Å². The summed E-state index contributed by atoms with van der Waals surface area (Å²) in [5.74, 6) is -0.403. The molecule has 1 fully saturated rings. The maximum atomic E-state index is 13.0. The molecular formula is C57H102O12S. The second-order valence-corrected chi connectivity index (χ2v) is 20.2. The van der Waals surface area contributed by atoms with Gasteiger partial charge in [-0.05, 0) is 77.0 Å². The minimum atomic E-state index is -5.07. The number of rotatable bonds is 49. The molecule has 0 radical (unpaired) electrons. The Hall–Kier alpha value is -2.20. The highest BCUT2D eigenvalue weighted by Crippen LogP contribution is 2.26. The Kier molecular flexibility index (Phi) is 44.9. The van der Waals surface area contributed by atoms with Gasteiger partial charge in [0.15, 0.2) is 6.29 Å². The van der Waals surface area contributed by atoms with Gasteiger partial charge < -0.3 is 34.3 Å². The Morgan fingerprint density at radius 2 is 0.986 bits per heavy atom. The SMILES string of the molecule is CC/C=C\C/C=C\C/C=C\C/C=C\CCCCCCCCCOCC(COC1OC(CO)C(O)C(OS(=O)(=O)O)C1O)OC(=O)CCCCCCCCCCCCC/C=C\CCCCCCCCCC. The molecule has 70 heavy (non-hydrogen) atoms. The van der Waals surface area contributed by atoms with Crippen molar-refractivity contribution in [3.05, 3.63) is 60.8 Å². The van der Waals surface area contributed by atoms with Gasteiger partial charge in [-0.15, -0.1) is 0 Å². The molecule has 1 heterocycles. The summed E-state index contributed by atoms with van der Waals surface area (Å²) < 4.78 is 59.4. The van der Waals surface area contributed by atoms with E-state index in [1.165, 1.54) is 128 Å². The van der Waals surface area contributed by atoms with Crippen LogP contribution in [0.2, 0.25) is 0 Å². The van der Waals surface area contributed by atoms with E-state index in [-0.39, 0.29) is 19.6 Å². The van der Waals surface area contributed by atoms with Crippen LogP contribution in [0.5, 0.6) is 0 Å². The Bertz CT molecular complexity index is 1450. The lowest BCUT2D eigenvalue weighted by atomic mass is 9.99. The number of hydrogen-bond acceptors (Lipinski definition) is 11. The minimum Gasteiger partial charge on any atom is -0.457 e. The highest BCUT2D eigenvalue weighted by molar-refractivity contribution is 7.80. The summed E-state index contributed by atoms with van der Waals surface area (Å²) >= 11 is 0. The first-order chi connectivity index (χ1) is 34.1. The van der Waals surface area contributed by atoms with Crippen molar-refractivity contribution in [3.63, 3.8) is 0 Å². The fraction of sp³-hybridized carbons (Fsp3) is 0.807. The zero-order valence-corrected chi connectivity index (χ0v) is 44.9. The summed E-state index contributed by atoms with van der Waals surface area (Å²) in [4.78, 5) is 13.0. The van der Waals surface area contributed by atoms with Crippen LogP contribution in [0.25, 0.3) is 0 Å². The minimum absolute atomic E-state index is 0.0271. The van der Waals surface area contributed by atoms with E-state index in [9.17, 15) is 33.1 Å². The fourth-order valence-electron chi connectivity index (χ4n) is 8.42. The van der Waals surface area contributed by atoms with Crippen molar-refractivity contribution >= 4 is 16.4 Å². The summed E-state index contributed by atoms with van der Waals surface area (Å²) in [5.41, 5.74) is 0. The molecule has 6 atom stereocenters. The van der Waals surface area contributed by atoms with Gasteiger partial charge in [0.05, 0.1) is 19.8 Å². The molecule has 13 heteroatoms. The molecular weight excluding hydrogens is 909 g/mol. The van der Waals surface area contributed by atoms with E-state index in [0.717, 1.165) is 77.0 Å². The number of carbonyl (C=O) groups is 1. The van der Waals surface area contributed by atoms with Crippen LogP contribution in [0.15, 0.2) is 60.8 Å². The smallest absolute Gasteiger partial charge is 0.397 e. The zero-order chi connectivity index (χ0) is 51.0. The molecule has 12 nitrogen and oxygen atoms in total. The van der Waals surface area contributed by atoms with Gasteiger partial charge in [-0.25, -0.2) is 4.18 Å². The number of aliphatic hydroxyl groups is 3. The van der Waals surface area contributed by atoms with Crippen molar-refractivity contribution in [2.75, 3.05) is 26.4 Å². The van der Waals surface area contributed by atoms with E-state index in [0.29, 0.717) is 13.0 Å². The number of hydrogen-bond donors (Lipinski definition) is 4. The van der Waals surface area contributed by atoms with E-state index >= 15 is 0 Å². The Balaban J connectivity index is 2.32. The lowest BCUT2D eigenvalue weighted by Gasteiger charge is -2.41. The maximum Gasteiger partial charge on any atom is 0.397 e. The number of carbonyl (C=O) groups excluding carboxylic acids is 1. The number of aliphatic hydroxyl groups excluding tert-OH is 3. The normalized spacial score (nSPS) is 19.5. The molecule has 1 aliphatic rings. The topological polar surface area (TPSA) is 178 Å². The van der Waals surface area contributed by atoms with Gasteiger partial charge in [0, 0.05) is 13.0 Å². The molecule has 1 rings (SSSR count). The Labute approximate surface area is 427 Å². The first kappa shape index (κ1) is 65.8. The molecule has 0 aromatic heterocycles. The highest BCUT2D eigenvalue weighted by atomic mass is 32.3. The van der Waals surface area contributed by atoms with E-state index < -0.39 is 59.8 Å². The van der Waals surface area contributed by atoms with Gasteiger partial charge in [-0.2, -0.15) is 8.42 Å². The van der Waals surface area contributed by atoms with Crippen molar-refractivity contribution in [1.29, 1.82) is 0 Å². The molecule has 0 aliphatic carbocycles. The molecule has 0 aromatic rings. The number of allylic oxidation sites excluding steroid dienone is 10. The van der Waals surface area contributed by atoms with Crippen molar-refractivity contribution < 1.29 is 56.2 Å². The van der Waals surface area contributed by atoms with E-state index in [4.69, 9.17) is 18.9 Å². The van der Waals surface area contributed by atoms with E-state index in [1.807, 2.05) is 0 Å². The molecule has 1 aliphatic heterocycles. The van der Waals surface area contributed by atoms with Gasteiger partial charge in [0.2, 0.25) is 0 Å². The largest absolute Gasteiger partial charge is 0.457 e. The Morgan fingerprint density at radius 3 is 1.46 bits per heavy atom. The quantitative estimate of drug-likeness (QED) is 0.0196. The first-order valence-corrected chi connectivity index (χ1v) is 29.4. The standard InChI is InChI=1S/C57H102O12S/c1-3-5-7-9-11-13-15-17-19-21-23-25-26-27-28-30-32-34-36-38-40-42-44-46-53(59)67-51(50-66-57-55(61)56(69-70(62,63)64)54(60)52(48-58)68-57)49-65-47-45-43-41-39-37-35-33-31-29-24-22-20-18-16-14-12-10-8-6-4-2/h6,8,12,14,18,20-21,23-24,29,51-52,54-58,60-61H,3-5,7,9-11,13,15-17,19,22,25-28,30-50H2,1-2H3,(H,62,63,64)/b8-6-,14-12-,20-18-,23-21-,29-24-. The molecule has 0 amide bonds. The van der Waals surface area contributed by atoms with Crippen LogP contribution in [0.4, 0.5) is 0 Å². The predicted octanol–water partition coefficient (Wildman–Crippen LogP) is 13.6. The second kappa shape index (κ2) is 47.8. The maximum absolute atomic E-state index is 13.0. The van der Waals surface area contributed by atoms with E-state index in [1.54, 1.807) is 0 Å². The molecule has 408 valence electrons. The average molecular weight is 1010 g/mol. The monoisotopic (exact) mass is 1010 g/mol. The summed E-state index contributed by atoms with van der Waals surface area (Å²) in [6.45, 7) is 3.88. The van der Waals surface area contributed by atoms with Gasteiger partial charge in [0.1, 0.15) is 30.5 Å². The summed E-state index contributed by atoms with van der Waals surface area (Å²) in [6.07, 6.45) is 52.5. The third kappa shape index (κ3) is 40.3. The summed E-state index contributed by atoms with van der Waals surface area (Å²) in [7, 11) is -5.07. The third-order valence-electron chi connectivity index (χ3n) is 12.6. The van der Waals surface area contributed by atoms with Gasteiger partial charge in [-0.3, -0.25) is 9.35 Å². The fourth-order valence-corrected chi connectivity index (χ4v) is 8.93. The molecule has 4 N–H and O–H groups in total. The van der Waals surface area contributed by atoms with Gasteiger partial charge in [-0.1, -0.05) is 209 Å². The third-order valence-corrected chi connectivity index (χ3v) is 13.1. The van der Waals surface area contributed by atoms with Crippen molar-refractivity contribution in [2.24, 2.45) is 0 Å². The number of unbranched alkanes of at least 4 members (excludes halogenated alkanes) is 26. The van der Waals surface area contributed by atoms with Gasteiger partial charge >= 0.3 is 16.4 Å². The molecule has 0 spiro atoms. The van der Waals surface area contributed by atoms with E-state index in [2.05, 4.69) is 78.8 Å². The van der Waals surface area contributed by atoms with Crippen LogP contribution >= 0.6 is 0 Å². The molecule has 6 unspecified atom stereocenters. The van der Waals surface area contributed by atoms with Crippen LogP contribution in [0.1, 0.15) is 232 Å². The molecule has 0 saturated carbocycles.